The molecule has 2 aromatic rings. The summed E-state index contributed by atoms with van der Waals surface area (Å²) >= 11 is 0. The molecule has 0 unspecified atom stereocenters. The molecule has 0 saturated carbocycles. The van der Waals surface area contributed by atoms with Gasteiger partial charge in [0.2, 0.25) is 0 Å². The van der Waals surface area contributed by atoms with Crippen molar-refractivity contribution in [3.63, 3.8) is 0 Å². The largest absolute Gasteiger partial charge is 0.431 e. The van der Waals surface area contributed by atoms with E-state index in [1.165, 1.54) is 6.26 Å². The molecule has 2 rings (SSSR count). The molecule has 0 radical (unpaired) electrons. The van der Waals surface area contributed by atoms with Crippen LogP contribution in [0, 0.1) is 0 Å². The number of aromatic nitrogens is 3. The van der Waals surface area contributed by atoms with Crippen LogP contribution in [0.4, 0.5) is 0 Å². The van der Waals surface area contributed by atoms with Gasteiger partial charge in [-0.1, -0.05) is 11.3 Å². The minimum absolute atomic E-state index is 0.406. The molecule has 5 nitrogen and oxygen atoms in total. The molecule has 5 heteroatoms. The molecule has 0 saturated heterocycles. The number of fused-ring (bicyclic) bond motifs is 1. The molecule has 1 aromatic carbocycles. The highest BCUT2D eigenvalue weighted by Crippen LogP contribution is 2.14. The van der Waals surface area contributed by atoms with Crippen LogP contribution in [0.2, 0.25) is 0 Å². The molecule has 16 heavy (non-hydrogen) atoms. The molecule has 0 aliphatic carbocycles. The summed E-state index contributed by atoms with van der Waals surface area (Å²) in [5, 5.41) is 10.2. The van der Waals surface area contributed by atoms with Gasteiger partial charge < -0.3 is 4.74 Å². The van der Waals surface area contributed by atoms with Crippen LogP contribution in [-0.4, -0.2) is 21.4 Å². The maximum absolute atomic E-state index is 11.7. The number of esters is 1. The van der Waals surface area contributed by atoms with E-state index in [4.69, 9.17) is 4.74 Å². The molecule has 1 aromatic heterocycles. The Morgan fingerprint density at radius 1 is 1.44 bits per heavy atom. The highest BCUT2D eigenvalue weighted by Gasteiger charge is 2.12. The second-order valence-electron chi connectivity index (χ2n) is 3.61. The van der Waals surface area contributed by atoms with E-state index < -0.39 is 5.97 Å². The van der Waals surface area contributed by atoms with Crippen molar-refractivity contribution in [1.29, 1.82) is 0 Å². The van der Waals surface area contributed by atoms with Gasteiger partial charge in [-0.25, -0.2) is 4.79 Å². The summed E-state index contributed by atoms with van der Waals surface area (Å²) < 4.78 is 4.98. The number of allylic oxidation sites excluding steroid dienone is 1. The van der Waals surface area contributed by atoms with Crippen molar-refractivity contribution in [2.24, 2.45) is 0 Å². The number of benzene rings is 1. The molecule has 0 bridgehead atoms. The van der Waals surface area contributed by atoms with E-state index in [-0.39, 0.29) is 0 Å². The smallest absolute Gasteiger partial charge is 0.345 e. The first-order chi connectivity index (χ1) is 7.68. The molecule has 1 N–H and O–H groups in total. The van der Waals surface area contributed by atoms with Crippen LogP contribution < -0.4 is 0 Å². The van der Waals surface area contributed by atoms with E-state index in [9.17, 15) is 4.79 Å². The molecule has 0 aliphatic heterocycles. The second kappa shape index (κ2) is 4.14. The van der Waals surface area contributed by atoms with Crippen molar-refractivity contribution in [3.05, 3.63) is 35.6 Å². The Morgan fingerprint density at radius 2 is 2.25 bits per heavy atom. The average Bonchev–Trinajstić information content (AvgIpc) is 2.73. The quantitative estimate of drug-likeness (QED) is 0.617. The predicted octanol–water partition coefficient (Wildman–Crippen LogP) is 2.04. The van der Waals surface area contributed by atoms with Gasteiger partial charge in [0.25, 0.3) is 0 Å². The van der Waals surface area contributed by atoms with Gasteiger partial charge >= 0.3 is 5.97 Å². The highest BCUT2D eigenvalue weighted by molar-refractivity contribution is 6.01. The van der Waals surface area contributed by atoms with Gasteiger partial charge in [0.15, 0.2) is 0 Å². The van der Waals surface area contributed by atoms with E-state index in [0.29, 0.717) is 16.6 Å². The minimum atomic E-state index is -0.430. The monoisotopic (exact) mass is 217 g/mol. The van der Waals surface area contributed by atoms with Gasteiger partial charge in [-0.3, -0.25) is 5.10 Å². The fourth-order valence-corrected chi connectivity index (χ4v) is 1.27. The van der Waals surface area contributed by atoms with Crippen molar-refractivity contribution in [2.75, 3.05) is 0 Å². The molecular weight excluding hydrogens is 206 g/mol. The van der Waals surface area contributed by atoms with E-state index in [1.54, 1.807) is 18.2 Å². The zero-order valence-corrected chi connectivity index (χ0v) is 9.02. The van der Waals surface area contributed by atoms with E-state index in [1.807, 2.05) is 13.8 Å². The van der Waals surface area contributed by atoms with Crippen molar-refractivity contribution in [1.82, 2.24) is 15.4 Å². The Bertz CT molecular complexity index is 553. The summed E-state index contributed by atoms with van der Waals surface area (Å²) in [6.07, 6.45) is 1.42. The average molecular weight is 217 g/mol. The molecule has 0 amide bonds. The van der Waals surface area contributed by atoms with Gasteiger partial charge in [-0.2, -0.15) is 0 Å². The van der Waals surface area contributed by atoms with Crippen LogP contribution in [0.25, 0.3) is 11.0 Å². The fourth-order valence-electron chi connectivity index (χ4n) is 1.27. The normalized spacial score (nSPS) is 10.1. The van der Waals surface area contributed by atoms with Gasteiger partial charge in [0.05, 0.1) is 17.3 Å². The standard InChI is InChI=1S/C11H11N3O2/c1-7(2)6-16-11(15)8-4-3-5-9-10(8)13-14-12-9/h3-6H,1-2H3,(H,12,13,14). The third-order valence-electron chi connectivity index (χ3n) is 1.98. The summed E-state index contributed by atoms with van der Waals surface area (Å²) in [4.78, 5) is 11.7. The Morgan fingerprint density at radius 3 is 3.00 bits per heavy atom. The molecule has 0 spiro atoms. The van der Waals surface area contributed by atoms with Crippen molar-refractivity contribution in [3.8, 4) is 0 Å². The van der Waals surface area contributed by atoms with Crippen LogP contribution in [0.5, 0.6) is 0 Å². The van der Waals surface area contributed by atoms with Crippen LogP contribution in [-0.2, 0) is 4.74 Å². The lowest BCUT2D eigenvalue weighted by molar-refractivity contribution is 0.0662. The zero-order valence-electron chi connectivity index (χ0n) is 9.02. The predicted molar refractivity (Wildman–Crippen MR) is 58.7 cm³/mol. The van der Waals surface area contributed by atoms with Crippen LogP contribution in [0.3, 0.4) is 0 Å². The van der Waals surface area contributed by atoms with Gasteiger partial charge in [0, 0.05) is 0 Å². The molecule has 0 aliphatic rings. The summed E-state index contributed by atoms with van der Waals surface area (Å²) in [7, 11) is 0. The minimum Gasteiger partial charge on any atom is -0.431 e. The number of ether oxygens (including phenoxy) is 1. The SMILES string of the molecule is CC(C)=COC(=O)c1cccc2[nH]nnc12. The van der Waals surface area contributed by atoms with Crippen molar-refractivity contribution in [2.45, 2.75) is 13.8 Å². The highest BCUT2D eigenvalue weighted by atomic mass is 16.5. The third kappa shape index (κ3) is 1.93. The number of nitrogens with zero attached hydrogens (tertiary/aromatic N) is 2. The third-order valence-corrected chi connectivity index (χ3v) is 1.98. The number of hydrogen-bond acceptors (Lipinski definition) is 4. The second-order valence-corrected chi connectivity index (χ2v) is 3.61. The first-order valence-corrected chi connectivity index (χ1v) is 4.82. The number of carbonyl (C=O) groups is 1. The maximum Gasteiger partial charge on any atom is 0.345 e. The Hall–Kier alpha value is -2.17. The van der Waals surface area contributed by atoms with Crippen LogP contribution >= 0.6 is 0 Å². The summed E-state index contributed by atoms with van der Waals surface area (Å²) in [6, 6.07) is 5.21. The Balaban J connectivity index is 2.36. The van der Waals surface area contributed by atoms with Crippen LogP contribution in [0.15, 0.2) is 30.0 Å². The van der Waals surface area contributed by atoms with Crippen molar-refractivity contribution < 1.29 is 9.53 Å². The number of H-pyrrole nitrogens is 1. The van der Waals surface area contributed by atoms with Gasteiger partial charge in [-0.05, 0) is 31.6 Å². The van der Waals surface area contributed by atoms with E-state index in [2.05, 4.69) is 15.4 Å². The van der Waals surface area contributed by atoms with Crippen molar-refractivity contribution >= 4 is 17.0 Å². The molecule has 0 fully saturated rings. The molecule has 82 valence electrons. The summed E-state index contributed by atoms with van der Waals surface area (Å²) in [5.74, 6) is -0.430. The number of aromatic amines is 1. The fraction of sp³-hybridized carbons (Fsp3) is 0.182. The summed E-state index contributed by atoms with van der Waals surface area (Å²) in [6.45, 7) is 3.70. The molecular formula is C11H11N3O2. The molecule has 1 heterocycles. The van der Waals surface area contributed by atoms with Crippen LogP contribution in [0.1, 0.15) is 24.2 Å². The first kappa shape index (κ1) is 10.4. The van der Waals surface area contributed by atoms with E-state index >= 15 is 0 Å². The number of rotatable bonds is 2. The number of hydrogen-bond donors (Lipinski definition) is 1. The topological polar surface area (TPSA) is 67.9 Å². The molecule has 0 atom stereocenters. The number of carbonyl (C=O) groups excluding carboxylic acids is 1. The lowest BCUT2D eigenvalue weighted by Crippen LogP contribution is -2.01. The van der Waals surface area contributed by atoms with Gasteiger partial charge in [0.1, 0.15) is 5.52 Å². The Kier molecular flexibility index (Phi) is 2.68. The Labute approximate surface area is 92.1 Å². The van der Waals surface area contributed by atoms with E-state index in [0.717, 1.165) is 5.57 Å². The first-order valence-electron chi connectivity index (χ1n) is 4.82. The lowest BCUT2D eigenvalue weighted by Gasteiger charge is -2.00. The number of nitrogens with one attached hydrogen (secondary N) is 1. The summed E-state index contributed by atoms with van der Waals surface area (Å²) in [5.41, 5.74) is 2.56. The zero-order chi connectivity index (χ0) is 11.5. The van der Waals surface area contributed by atoms with Gasteiger partial charge in [-0.15, -0.1) is 5.10 Å². The lowest BCUT2D eigenvalue weighted by atomic mass is 10.2. The maximum atomic E-state index is 11.7.